The van der Waals surface area contributed by atoms with Gasteiger partial charge in [-0.1, -0.05) is 6.92 Å². The maximum Gasteiger partial charge on any atom is 0.223 e. The Morgan fingerprint density at radius 1 is 1.38 bits per heavy atom. The van der Waals surface area contributed by atoms with E-state index in [2.05, 4.69) is 15.0 Å². The second-order valence-corrected chi connectivity index (χ2v) is 4.13. The molecule has 0 amide bonds. The van der Waals surface area contributed by atoms with Crippen LogP contribution in [0.4, 0.5) is 5.95 Å². The monoisotopic (exact) mass is 196 g/mol. The molecule has 1 aliphatic rings. The van der Waals surface area contributed by atoms with Crippen LogP contribution in [0.25, 0.3) is 0 Å². The summed E-state index contributed by atoms with van der Waals surface area (Å²) in [6.07, 6.45) is 0.819. The number of anilines is 1. The fourth-order valence-electron chi connectivity index (χ4n) is 1.18. The van der Waals surface area contributed by atoms with Crippen LogP contribution in [0.15, 0.2) is 0 Å². The second-order valence-electron chi connectivity index (χ2n) is 3.06. The highest BCUT2D eigenvalue weighted by molar-refractivity contribution is 8.00. The van der Waals surface area contributed by atoms with Gasteiger partial charge in [0.2, 0.25) is 5.95 Å². The summed E-state index contributed by atoms with van der Waals surface area (Å²) >= 11 is 1.92. The fraction of sp³-hybridized carbons (Fsp3) is 0.625. The molecule has 1 aromatic heterocycles. The molecule has 2 N–H and O–H groups in total. The van der Waals surface area contributed by atoms with Gasteiger partial charge in [-0.25, -0.2) is 4.98 Å². The summed E-state index contributed by atoms with van der Waals surface area (Å²) < 4.78 is 0. The molecule has 0 aromatic carbocycles. The number of aromatic nitrogens is 3. The molecule has 0 saturated carbocycles. The van der Waals surface area contributed by atoms with E-state index in [1.54, 1.807) is 0 Å². The zero-order valence-electron chi connectivity index (χ0n) is 7.53. The van der Waals surface area contributed by atoms with Crippen molar-refractivity contribution in [3.8, 4) is 0 Å². The molecule has 0 spiro atoms. The van der Waals surface area contributed by atoms with E-state index in [1.165, 1.54) is 0 Å². The normalized spacial score (nSPS) is 17.0. The molecule has 1 aromatic rings. The molecule has 13 heavy (non-hydrogen) atoms. The zero-order chi connectivity index (χ0) is 9.26. The maximum atomic E-state index is 5.58. The maximum absolute atomic E-state index is 5.58. The number of rotatable bonds is 2. The van der Waals surface area contributed by atoms with Crippen LogP contribution in [-0.2, 0) is 6.42 Å². The van der Waals surface area contributed by atoms with Gasteiger partial charge in [-0.3, -0.25) is 0 Å². The van der Waals surface area contributed by atoms with Gasteiger partial charge in [-0.05, 0) is 0 Å². The van der Waals surface area contributed by atoms with Gasteiger partial charge in [-0.15, -0.1) is 0 Å². The van der Waals surface area contributed by atoms with Gasteiger partial charge in [0, 0.05) is 23.8 Å². The van der Waals surface area contributed by atoms with Crippen molar-refractivity contribution in [2.75, 3.05) is 17.2 Å². The molecule has 0 aliphatic carbocycles. The predicted molar refractivity (Wildman–Crippen MR) is 53.7 cm³/mol. The SMILES string of the molecule is CCc1nc(N)nc(C2CSC2)n1. The first-order valence-electron chi connectivity index (χ1n) is 4.37. The van der Waals surface area contributed by atoms with Crippen molar-refractivity contribution in [1.82, 2.24) is 15.0 Å². The van der Waals surface area contributed by atoms with Gasteiger partial charge in [0.15, 0.2) is 0 Å². The number of thioether (sulfide) groups is 1. The lowest BCUT2D eigenvalue weighted by Crippen LogP contribution is -2.20. The number of nitrogens with zero attached hydrogens (tertiary/aromatic N) is 3. The van der Waals surface area contributed by atoms with Crippen LogP contribution >= 0.6 is 11.8 Å². The summed E-state index contributed by atoms with van der Waals surface area (Å²) in [6, 6.07) is 0. The number of aryl methyl sites for hydroxylation is 1. The minimum absolute atomic E-state index is 0.360. The summed E-state index contributed by atoms with van der Waals surface area (Å²) in [6.45, 7) is 2.02. The Labute approximate surface area is 81.4 Å². The molecule has 0 unspecified atom stereocenters. The van der Waals surface area contributed by atoms with Crippen molar-refractivity contribution in [2.24, 2.45) is 0 Å². The second kappa shape index (κ2) is 3.49. The molecule has 1 aliphatic heterocycles. The Kier molecular flexibility index (Phi) is 2.35. The van der Waals surface area contributed by atoms with Crippen LogP contribution in [0.3, 0.4) is 0 Å². The van der Waals surface area contributed by atoms with Crippen molar-refractivity contribution in [2.45, 2.75) is 19.3 Å². The molecule has 4 nitrogen and oxygen atoms in total. The molecule has 0 radical (unpaired) electrons. The average molecular weight is 196 g/mol. The number of hydrogen-bond acceptors (Lipinski definition) is 5. The number of nitrogen functional groups attached to an aromatic ring is 1. The summed E-state index contributed by atoms with van der Waals surface area (Å²) in [7, 11) is 0. The van der Waals surface area contributed by atoms with E-state index < -0.39 is 0 Å². The molecule has 5 heteroatoms. The van der Waals surface area contributed by atoms with E-state index >= 15 is 0 Å². The molecule has 70 valence electrons. The van der Waals surface area contributed by atoms with Crippen molar-refractivity contribution < 1.29 is 0 Å². The molecule has 0 bridgehead atoms. The predicted octanol–water partition coefficient (Wildman–Crippen LogP) is 0.847. The van der Waals surface area contributed by atoms with Crippen molar-refractivity contribution >= 4 is 17.7 Å². The topological polar surface area (TPSA) is 64.7 Å². The Hall–Kier alpha value is -0.840. The lowest BCUT2D eigenvalue weighted by Gasteiger charge is -2.23. The minimum Gasteiger partial charge on any atom is -0.368 e. The summed E-state index contributed by atoms with van der Waals surface area (Å²) in [4.78, 5) is 12.5. The Bertz CT molecular complexity index is 311. The van der Waals surface area contributed by atoms with Crippen molar-refractivity contribution in [3.05, 3.63) is 11.6 Å². The lowest BCUT2D eigenvalue weighted by atomic mass is 10.2. The Morgan fingerprint density at radius 2 is 2.15 bits per heavy atom. The van der Waals surface area contributed by atoms with Crippen LogP contribution in [0, 0.1) is 0 Å². The quantitative estimate of drug-likeness (QED) is 0.759. The largest absolute Gasteiger partial charge is 0.368 e. The summed E-state index contributed by atoms with van der Waals surface area (Å²) in [5.74, 6) is 4.78. The first-order valence-corrected chi connectivity index (χ1v) is 5.53. The van der Waals surface area contributed by atoms with Gasteiger partial charge in [0.25, 0.3) is 0 Å². The fourth-order valence-corrected chi connectivity index (χ4v) is 1.95. The van der Waals surface area contributed by atoms with Crippen LogP contribution in [0.2, 0.25) is 0 Å². The van der Waals surface area contributed by atoms with E-state index in [0.29, 0.717) is 11.9 Å². The third-order valence-corrected chi connectivity index (χ3v) is 3.31. The third-order valence-electron chi connectivity index (χ3n) is 2.04. The van der Waals surface area contributed by atoms with E-state index in [-0.39, 0.29) is 0 Å². The zero-order valence-corrected chi connectivity index (χ0v) is 8.34. The Morgan fingerprint density at radius 3 is 2.69 bits per heavy atom. The van der Waals surface area contributed by atoms with Gasteiger partial charge in [0.05, 0.1) is 0 Å². The third kappa shape index (κ3) is 1.75. The van der Waals surface area contributed by atoms with Crippen molar-refractivity contribution in [3.63, 3.8) is 0 Å². The first kappa shape index (κ1) is 8.74. The van der Waals surface area contributed by atoms with Crippen LogP contribution in [0.5, 0.6) is 0 Å². The molecule has 2 rings (SSSR count). The number of nitrogens with two attached hydrogens (primary N) is 1. The summed E-state index contributed by atoms with van der Waals surface area (Å²) in [5, 5.41) is 0. The first-order chi connectivity index (χ1) is 6.29. The van der Waals surface area contributed by atoms with Gasteiger partial charge < -0.3 is 5.73 Å². The van der Waals surface area contributed by atoms with Crippen molar-refractivity contribution in [1.29, 1.82) is 0 Å². The van der Waals surface area contributed by atoms with E-state index in [0.717, 1.165) is 29.6 Å². The lowest BCUT2D eigenvalue weighted by molar-refractivity contribution is 0.731. The van der Waals surface area contributed by atoms with Gasteiger partial charge in [-0.2, -0.15) is 21.7 Å². The van der Waals surface area contributed by atoms with E-state index in [4.69, 9.17) is 5.73 Å². The highest BCUT2D eigenvalue weighted by atomic mass is 32.2. The molecule has 1 saturated heterocycles. The number of hydrogen-bond donors (Lipinski definition) is 1. The molecule has 1 fully saturated rings. The smallest absolute Gasteiger partial charge is 0.223 e. The van der Waals surface area contributed by atoms with E-state index in [1.807, 2.05) is 18.7 Å². The highest BCUT2D eigenvalue weighted by Gasteiger charge is 2.23. The minimum atomic E-state index is 0.360. The summed E-state index contributed by atoms with van der Waals surface area (Å²) in [5.41, 5.74) is 5.58. The standard InChI is InChI=1S/C8H12N4S/c1-2-6-10-7(5-3-13-4-5)12-8(9)11-6/h5H,2-4H2,1H3,(H2,9,10,11,12). The van der Waals surface area contributed by atoms with Crippen LogP contribution < -0.4 is 5.73 Å². The van der Waals surface area contributed by atoms with Crippen LogP contribution in [0.1, 0.15) is 24.5 Å². The van der Waals surface area contributed by atoms with Gasteiger partial charge >= 0.3 is 0 Å². The van der Waals surface area contributed by atoms with Crippen LogP contribution in [-0.4, -0.2) is 26.5 Å². The molecular weight excluding hydrogens is 184 g/mol. The molecular formula is C8H12N4S. The Balaban J connectivity index is 2.28. The highest BCUT2D eigenvalue weighted by Crippen LogP contribution is 2.31. The molecule has 0 atom stereocenters. The van der Waals surface area contributed by atoms with Gasteiger partial charge in [0.1, 0.15) is 11.6 Å². The van der Waals surface area contributed by atoms with E-state index in [9.17, 15) is 0 Å². The molecule has 2 heterocycles. The average Bonchev–Trinajstić information content (AvgIpc) is 2.00.